The molecule has 0 saturated carbocycles. The molecule has 0 bridgehead atoms. The first kappa shape index (κ1) is 9.35. The van der Waals surface area contributed by atoms with Crippen molar-refractivity contribution in [3.05, 3.63) is 48.9 Å². The summed E-state index contributed by atoms with van der Waals surface area (Å²) in [5.74, 6) is 0. The Bertz CT molecular complexity index is 310. The highest BCUT2D eigenvalue weighted by Gasteiger charge is 1.94. The number of hydrogen-bond donors (Lipinski definition) is 0. The number of nitrogens with zero attached hydrogens (tertiary/aromatic N) is 2. The lowest BCUT2D eigenvalue weighted by Crippen LogP contribution is -1.82. The van der Waals surface area contributed by atoms with Gasteiger partial charge in [-0.05, 0) is 6.07 Å². The van der Waals surface area contributed by atoms with Crippen LogP contribution in [-0.4, -0.2) is 15.4 Å². The average Bonchev–Trinajstić information content (AvgIpc) is 2.21. The highest BCUT2D eigenvalue weighted by molar-refractivity contribution is 5.57. The second-order valence-electron chi connectivity index (χ2n) is 2.46. The lowest BCUT2D eigenvalue weighted by atomic mass is 10.1. The maximum absolute atomic E-state index is 4.14. The molecule has 2 aromatic rings. The second-order valence-corrected chi connectivity index (χ2v) is 2.46. The average molecular weight is 174 g/mol. The van der Waals surface area contributed by atoms with Crippen LogP contribution < -0.4 is 0 Å². The van der Waals surface area contributed by atoms with Crippen LogP contribution in [0.5, 0.6) is 0 Å². The monoisotopic (exact) mass is 174 g/mol. The fraction of sp³-hybridized carbons (Fsp3) is 0. The number of benzene rings is 1. The summed E-state index contributed by atoms with van der Waals surface area (Å²) in [6, 6.07) is 11.9. The summed E-state index contributed by atoms with van der Waals surface area (Å²) in [7, 11) is 0. The maximum atomic E-state index is 4.14. The third-order valence-corrected chi connectivity index (χ3v) is 1.65. The third-order valence-electron chi connectivity index (χ3n) is 1.65. The molecule has 0 fully saturated rings. The second kappa shape index (κ2) is 4.33. The third kappa shape index (κ3) is 2.10. The lowest BCUT2D eigenvalue weighted by Gasteiger charge is -1.96. The van der Waals surface area contributed by atoms with Gasteiger partial charge < -0.3 is 5.48 Å². The maximum Gasteiger partial charge on any atom is 0.116 e. The van der Waals surface area contributed by atoms with Crippen molar-refractivity contribution in [2.45, 2.75) is 0 Å². The van der Waals surface area contributed by atoms with Crippen molar-refractivity contribution in [2.75, 3.05) is 0 Å². The predicted octanol–water partition coefficient (Wildman–Crippen LogP) is 1.32. The minimum atomic E-state index is 0. The summed E-state index contributed by atoms with van der Waals surface area (Å²) in [6.45, 7) is 0. The van der Waals surface area contributed by atoms with E-state index in [1.165, 1.54) is 0 Å². The van der Waals surface area contributed by atoms with Gasteiger partial charge in [0, 0.05) is 11.8 Å². The van der Waals surface area contributed by atoms with Crippen molar-refractivity contribution in [1.82, 2.24) is 9.97 Å². The number of rotatable bonds is 1. The van der Waals surface area contributed by atoms with E-state index in [2.05, 4.69) is 9.97 Å². The largest absolute Gasteiger partial charge is 0.412 e. The first-order chi connectivity index (χ1) is 5.97. The van der Waals surface area contributed by atoms with Gasteiger partial charge in [-0.25, -0.2) is 9.97 Å². The molecule has 0 atom stereocenters. The van der Waals surface area contributed by atoms with Gasteiger partial charge in [-0.1, -0.05) is 30.3 Å². The summed E-state index contributed by atoms with van der Waals surface area (Å²) in [5.41, 5.74) is 2.09. The van der Waals surface area contributed by atoms with E-state index in [1.807, 2.05) is 36.4 Å². The zero-order chi connectivity index (χ0) is 8.23. The van der Waals surface area contributed by atoms with Crippen LogP contribution in [-0.2, 0) is 0 Å². The molecule has 13 heavy (non-hydrogen) atoms. The van der Waals surface area contributed by atoms with E-state index in [0.717, 1.165) is 11.3 Å². The normalized spacial score (nSPS) is 8.92. The Morgan fingerprint density at radius 1 is 0.923 bits per heavy atom. The zero-order valence-electron chi connectivity index (χ0n) is 7.01. The molecule has 2 N–H and O–H groups in total. The van der Waals surface area contributed by atoms with E-state index in [9.17, 15) is 0 Å². The molecule has 3 heteroatoms. The van der Waals surface area contributed by atoms with Crippen LogP contribution in [0.15, 0.2) is 48.9 Å². The van der Waals surface area contributed by atoms with Gasteiger partial charge in [0.15, 0.2) is 0 Å². The quantitative estimate of drug-likeness (QED) is 0.654. The summed E-state index contributed by atoms with van der Waals surface area (Å²) < 4.78 is 0. The highest BCUT2D eigenvalue weighted by Crippen LogP contribution is 2.13. The molecular formula is C10H10N2O. The van der Waals surface area contributed by atoms with Crippen molar-refractivity contribution >= 4 is 0 Å². The Labute approximate surface area is 76.4 Å². The highest BCUT2D eigenvalue weighted by atomic mass is 16.0. The standard InChI is InChI=1S/C10H8N2.H2O/c1-2-4-9(5-3-1)10-6-7-11-8-12-10;/h1-8H;1H2. The van der Waals surface area contributed by atoms with Crippen LogP contribution in [0.3, 0.4) is 0 Å². The molecule has 0 spiro atoms. The zero-order valence-corrected chi connectivity index (χ0v) is 7.01. The van der Waals surface area contributed by atoms with Gasteiger partial charge in [0.1, 0.15) is 6.33 Å². The molecule has 0 unspecified atom stereocenters. The Kier molecular flexibility index (Phi) is 3.11. The summed E-state index contributed by atoms with van der Waals surface area (Å²) >= 11 is 0. The molecule has 0 saturated heterocycles. The van der Waals surface area contributed by atoms with Gasteiger partial charge in [0.2, 0.25) is 0 Å². The van der Waals surface area contributed by atoms with Crippen molar-refractivity contribution in [3.8, 4) is 11.3 Å². The molecule has 1 aromatic carbocycles. The topological polar surface area (TPSA) is 57.3 Å². The molecule has 0 aliphatic carbocycles. The van der Waals surface area contributed by atoms with E-state index in [4.69, 9.17) is 0 Å². The molecule has 2 rings (SSSR count). The minimum absolute atomic E-state index is 0. The van der Waals surface area contributed by atoms with Gasteiger partial charge in [0.05, 0.1) is 5.69 Å². The Balaban J connectivity index is 0.000000845. The molecule has 66 valence electrons. The van der Waals surface area contributed by atoms with Gasteiger partial charge in [0.25, 0.3) is 0 Å². The Morgan fingerprint density at radius 3 is 2.31 bits per heavy atom. The van der Waals surface area contributed by atoms with Crippen molar-refractivity contribution in [3.63, 3.8) is 0 Å². The van der Waals surface area contributed by atoms with Gasteiger partial charge >= 0.3 is 0 Å². The Hall–Kier alpha value is -1.74. The van der Waals surface area contributed by atoms with Crippen molar-refractivity contribution in [1.29, 1.82) is 0 Å². The molecule has 0 amide bonds. The van der Waals surface area contributed by atoms with Crippen LogP contribution >= 0.6 is 0 Å². The molecule has 0 aliphatic rings. The molecule has 1 aromatic heterocycles. The van der Waals surface area contributed by atoms with E-state index in [0.29, 0.717) is 0 Å². The minimum Gasteiger partial charge on any atom is -0.412 e. The molecule has 1 heterocycles. The fourth-order valence-electron chi connectivity index (χ4n) is 1.07. The van der Waals surface area contributed by atoms with Crippen LogP contribution in [0.25, 0.3) is 11.3 Å². The molecular weight excluding hydrogens is 164 g/mol. The van der Waals surface area contributed by atoms with Gasteiger partial charge in [-0.2, -0.15) is 0 Å². The first-order valence-electron chi connectivity index (χ1n) is 3.78. The summed E-state index contributed by atoms with van der Waals surface area (Å²) in [6.07, 6.45) is 3.30. The molecule has 3 nitrogen and oxygen atoms in total. The van der Waals surface area contributed by atoms with E-state index >= 15 is 0 Å². The SMILES string of the molecule is O.c1ccc(-c2ccncn2)cc1. The van der Waals surface area contributed by atoms with Crippen LogP contribution in [0.2, 0.25) is 0 Å². The van der Waals surface area contributed by atoms with Crippen molar-refractivity contribution < 1.29 is 5.48 Å². The number of hydrogen-bond acceptors (Lipinski definition) is 2. The molecule has 0 aliphatic heterocycles. The lowest BCUT2D eigenvalue weighted by molar-refractivity contribution is 0.824. The van der Waals surface area contributed by atoms with Crippen LogP contribution in [0, 0.1) is 0 Å². The summed E-state index contributed by atoms with van der Waals surface area (Å²) in [5, 5.41) is 0. The van der Waals surface area contributed by atoms with Gasteiger partial charge in [-0.15, -0.1) is 0 Å². The fourth-order valence-corrected chi connectivity index (χ4v) is 1.07. The number of aromatic nitrogens is 2. The first-order valence-corrected chi connectivity index (χ1v) is 3.78. The predicted molar refractivity (Wildman–Crippen MR) is 51.1 cm³/mol. The smallest absolute Gasteiger partial charge is 0.116 e. The van der Waals surface area contributed by atoms with E-state index in [1.54, 1.807) is 12.5 Å². The van der Waals surface area contributed by atoms with E-state index < -0.39 is 0 Å². The van der Waals surface area contributed by atoms with E-state index in [-0.39, 0.29) is 5.48 Å². The Morgan fingerprint density at radius 2 is 1.69 bits per heavy atom. The van der Waals surface area contributed by atoms with Crippen LogP contribution in [0.1, 0.15) is 0 Å². The van der Waals surface area contributed by atoms with Gasteiger partial charge in [-0.3, -0.25) is 0 Å². The van der Waals surface area contributed by atoms with Crippen molar-refractivity contribution in [2.24, 2.45) is 0 Å². The molecule has 0 radical (unpaired) electrons. The summed E-state index contributed by atoms with van der Waals surface area (Å²) in [4.78, 5) is 8.00. The van der Waals surface area contributed by atoms with Crippen LogP contribution in [0.4, 0.5) is 0 Å².